The zero-order valence-corrected chi connectivity index (χ0v) is 30.3. The third-order valence-corrected chi connectivity index (χ3v) is 9.97. The van der Waals surface area contributed by atoms with Crippen LogP contribution in [0.2, 0.25) is 0 Å². The first-order valence-corrected chi connectivity index (χ1v) is 18.0. The summed E-state index contributed by atoms with van der Waals surface area (Å²) >= 11 is 0. The predicted molar refractivity (Wildman–Crippen MR) is 193 cm³/mol. The van der Waals surface area contributed by atoms with E-state index in [4.69, 9.17) is 9.26 Å². The Morgan fingerprint density at radius 1 is 1.09 bits per heavy atom. The van der Waals surface area contributed by atoms with E-state index in [1.807, 2.05) is 50.5 Å². The fraction of sp³-hybridized carbons (Fsp3) is 0.410. The minimum absolute atomic E-state index is 0.0136. The number of carbonyl (C=O) groups is 3. The summed E-state index contributed by atoms with van der Waals surface area (Å²) in [5.41, 5.74) is 6.13. The molecule has 2 aliphatic rings. The summed E-state index contributed by atoms with van der Waals surface area (Å²) < 4.78 is 28.0. The predicted octanol–water partition coefficient (Wildman–Crippen LogP) is 5.06. The maximum Gasteiger partial charge on any atom is 0.292 e. The van der Waals surface area contributed by atoms with E-state index in [2.05, 4.69) is 47.9 Å². The maximum atomic E-state index is 15.2. The first-order valence-electron chi connectivity index (χ1n) is 18.0. The quantitative estimate of drug-likeness (QED) is 0.187. The van der Waals surface area contributed by atoms with E-state index in [0.29, 0.717) is 18.0 Å². The van der Waals surface area contributed by atoms with E-state index in [9.17, 15) is 14.4 Å². The largest absolute Gasteiger partial charge is 0.480 e. The highest BCUT2D eigenvalue weighted by molar-refractivity contribution is 5.99. The number of piperidine rings is 2. The fourth-order valence-electron chi connectivity index (χ4n) is 6.88. The van der Waals surface area contributed by atoms with Crippen molar-refractivity contribution in [3.05, 3.63) is 94.8 Å². The Hall–Kier alpha value is -5.50. The average Bonchev–Trinajstić information content (AvgIpc) is 3.80. The van der Waals surface area contributed by atoms with Gasteiger partial charge in [0, 0.05) is 49.2 Å². The zero-order chi connectivity index (χ0) is 37.3. The van der Waals surface area contributed by atoms with E-state index in [-0.39, 0.29) is 47.5 Å². The molecule has 0 aliphatic carbocycles. The summed E-state index contributed by atoms with van der Waals surface area (Å²) in [6, 6.07) is 13.0. The molecule has 13 nitrogen and oxygen atoms in total. The number of aryl methyl sites for hydroxylation is 1. The molecule has 3 aromatic heterocycles. The van der Waals surface area contributed by atoms with Crippen LogP contribution in [0.3, 0.4) is 0 Å². The number of carbonyl (C=O) groups excluding carboxylic acids is 3. The molecule has 1 unspecified atom stereocenters. The summed E-state index contributed by atoms with van der Waals surface area (Å²) in [5, 5.41) is 13.4. The zero-order valence-electron chi connectivity index (χ0n) is 30.3. The molecule has 0 spiro atoms. The minimum Gasteiger partial charge on any atom is -0.480 e. The number of benzene rings is 2. The van der Waals surface area contributed by atoms with Crippen LogP contribution in [0.1, 0.15) is 91.1 Å². The topological polar surface area (TPSA) is 157 Å². The molecular weight excluding hydrogens is 679 g/mol. The molecule has 53 heavy (non-hydrogen) atoms. The highest BCUT2D eigenvalue weighted by atomic mass is 19.1. The number of halogens is 1. The van der Waals surface area contributed by atoms with Gasteiger partial charge in [-0.05, 0) is 85.6 Å². The Morgan fingerprint density at radius 3 is 2.62 bits per heavy atom. The Balaban J connectivity index is 0.926. The number of hydrogen-bond acceptors (Lipinski definition) is 10. The van der Waals surface area contributed by atoms with Crippen molar-refractivity contribution >= 4 is 23.2 Å². The van der Waals surface area contributed by atoms with Gasteiger partial charge in [0.15, 0.2) is 6.10 Å². The lowest BCUT2D eigenvalue weighted by atomic mass is 9.89. The molecule has 0 radical (unpaired) electrons. The van der Waals surface area contributed by atoms with Crippen LogP contribution in [-0.4, -0.2) is 73.1 Å². The Morgan fingerprint density at radius 2 is 1.91 bits per heavy atom. The summed E-state index contributed by atoms with van der Waals surface area (Å²) in [6.07, 6.45) is 5.80. The smallest absolute Gasteiger partial charge is 0.292 e. The molecule has 7 rings (SSSR count). The van der Waals surface area contributed by atoms with Crippen molar-refractivity contribution in [3.63, 3.8) is 0 Å². The lowest BCUT2D eigenvalue weighted by molar-refractivity contribution is -0.138. The Kier molecular flexibility index (Phi) is 10.1. The normalized spacial score (nSPS) is 17.3. The van der Waals surface area contributed by atoms with Gasteiger partial charge in [0.25, 0.3) is 17.6 Å². The van der Waals surface area contributed by atoms with E-state index >= 15 is 4.39 Å². The number of hydrogen-bond donors (Lipinski definition) is 2. The number of aromatic nitrogens is 5. The second-order valence-electron chi connectivity index (χ2n) is 14.9. The summed E-state index contributed by atoms with van der Waals surface area (Å²) in [5.74, 6) is -0.722. The second-order valence-corrected chi connectivity index (χ2v) is 14.9. The molecular formula is C39H43FN8O5. The van der Waals surface area contributed by atoms with E-state index in [1.165, 1.54) is 6.07 Å². The van der Waals surface area contributed by atoms with Crippen LogP contribution >= 0.6 is 0 Å². The third-order valence-electron chi connectivity index (χ3n) is 9.97. The number of nitrogens with zero attached hydrogens (tertiary/aromatic N) is 6. The highest BCUT2D eigenvalue weighted by Crippen LogP contribution is 2.33. The van der Waals surface area contributed by atoms with Gasteiger partial charge < -0.3 is 19.5 Å². The number of nitrogens with one attached hydrogen (secondary N) is 2. The monoisotopic (exact) mass is 722 g/mol. The minimum atomic E-state index is -0.797. The van der Waals surface area contributed by atoms with Crippen LogP contribution in [0.25, 0.3) is 16.8 Å². The second kappa shape index (κ2) is 14.9. The molecule has 3 amide bonds. The molecule has 5 heterocycles. The van der Waals surface area contributed by atoms with Gasteiger partial charge in [-0.3, -0.25) is 19.7 Å². The SMILES string of the molecule is Cc1cc(-c2ncnn3cc(CCN4CCC(c5ccc(OC6CCC(=O)NC6=O)cc5F)CC4)cc23)ccc1CNC(=O)c1noc(C(C)(C)C)n1. The van der Waals surface area contributed by atoms with Gasteiger partial charge in [-0.1, -0.05) is 44.1 Å². The Bertz CT molecular complexity index is 2160. The van der Waals surface area contributed by atoms with Crippen molar-refractivity contribution in [2.75, 3.05) is 19.6 Å². The van der Waals surface area contributed by atoms with Crippen LogP contribution < -0.4 is 15.4 Å². The van der Waals surface area contributed by atoms with Crippen molar-refractivity contribution < 1.29 is 28.0 Å². The first-order chi connectivity index (χ1) is 25.4. The standard InChI is InChI=1S/C39H43FN8O5/c1-23-17-26(5-6-27(23)20-41-37(51)35-45-38(53-46-35)39(2,3)4)34-31-18-24(21-48(31)43-22-42-34)11-14-47-15-12-25(13-16-47)29-8-7-28(19-30(29)40)52-32-9-10-33(49)44-36(32)50/h5-8,17-19,21-22,25,32H,9-16,20H2,1-4H3,(H,41,51)(H,44,49,50). The van der Waals surface area contributed by atoms with Crippen molar-refractivity contribution in [1.82, 2.24) is 40.3 Å². The molecule has 2 saturated heterocycles. The number of imide groups is 1. The number of rotatable bonds is 10. The molecule has 2 fully saturated rings. The maximum absolute atomic E-state index is 15.2. The van der Waals surface area contributed by atoms with Crippen LogP contribution in [0.5, 0.6) is 5.75 Å². The fourth-order valence-corrected chi connectivity index (χ4v) is 6.88. The lowest BCUT2D eigenvalue weighted by Crippen LogP contribution is -2.46. The van der Waals surface area contributed by atoms with Gasteiger partial charge in [-0.2, -0.15) is 10.1 Å². The molecule has 14 heteroatoms. The first kappa shape index (κ1) is 35.9. The highest BCUT2D eigenvalue weighted by Gasteiger charge is 2.29. The van der Waals surface area contributed by atoms with Gasteiger partial charge in [0.05, 0.1) is 11.2 Å². The van der Waals surface area contributed by atoms with Gasteiger partial charge in [-0.25, -0.2) is 13.9 Å². The van der Waals surface area contributed by atoms with Crippen LogP contribution in [0.4, 0.5) is 4.39 Å². The molecule has 2 N–H and O–H groups in total. The van der Waals surface area contributed by atoms with Crippen molar-refractivity contribution in [3.8, 4) is 17.0 Å². The number of fused-ring (bicyclic) bond motifs is 1. The molecule has 2 aromatic carbocycles. The van der Waals surface area contributed by atoms with Gasteiger partial charge >= 0.3 is 0 Å². The number of amides is 3. The summed E-state index contributed by atoms with van der Waals surface area (Å²) in [4.78, 5) is 47.4. The molecule has 0 bridgehead atoms. The van der Waals surface area contributed by atoms with E-state index in [0.717, 1.165) is 72.4 Å². The van der Waals surface area contributed by atoms with Crippen molar-refractivity contribution in [2.45, 2.75) is 83.8 Å². The average molecular weight is 723 g/mol. The molecule has 276 valence electrons. The Labute approximate surface area is 306 Å². The third kappa shape index (κ3) is 8.12. The van der Waals surface area contributed by atoms with Crippen molar-refractivity contribution in [1.29, 1.82) is 0 Å². The van der Waals surface area contributed by atoms with Crippen LogP contribution in [0, 0.1) is 12.7 Å². The lowest BCUT2D eigenvalue weighted by Gasteiger charge is -2.32. The molecule has 2 aliphatic heterocycles. The summed E-state index contributed by atoms with van der Waals surface area (Å²) in [6.45, 7) is 10.7. The summed E-state index contributed by atoms with van der Waals surface area (Å²) in [7, 11) is 0. The molecule has 1 atom stereocenters. The number of likely N-dealkylation sites (tertiary alicyclic amines) is 1. The number of ether oxygens (including phenoxy) is 1. The van der Waals surface area contributed by atoms with Gasteiger partial charge in [0.2, 0.25) is 11.8 Å². The molecule has 0 saturated carbocycles. The van der Waals surface area contributed by atoms with Crippen LogP contribution in [-0.2, 0) is 28.0 Å². The van der Waals surface area contributed by atoms with Crippen LogP contribution in [0.15, 0.2) is 59.5 Å². The van der Waals surface area contributed by atoms with Gasteiger partial charge in [0.1, 0.15) is 17.9 Å². The van der Waals surface area contributed by atoms with Crippen molar-refractivity contribution in [2.24, 2.45) is 0 Å². The molecule has 5 aromatic rings. The van der Waals surface area contributed by atoms with E-state index < -0.39 is 17.9 Å². The van der Waals surface area contributed by atoms with E-state index in [1.54, 1.807) is 18.5 Å². The van der Waals surface area contributed by atoms with Gasteiger partial charge in [-0.15, -0.1) is 0 Å².